The van der Waals surface area contributed by atoms with Crippen molar-refractivity contribution in [1.29, 1.82) is 0 Å². The van der Waals surface area contributed by atoms with Gasteiger partial charge in [0, 0.05) is 43.8 Å². The summed E-state index contributed by atoms with van der Waals surface area (Å²) in [5.74, 6) is 0.936. The fourth-order valence-corrected chi connectivity index (χ4v) is 12.5. The smallest absolute Gasteiger partial charge is 0.235 e. The van der Waals surface area contributed by atoms with E-state index in [1.807, 2.05) is 48.5 Å². The van der Waals surface area contributed by atoms with Crippen molar-refractivity contribution < 1.29 is 9.47 Å². The van der Waals surface area contributed by atoms with E-state index >= 15 is 0 Å². The van der Waals surface area contributed by atoms with Gasteiger partial charge in [-0.1, -0.05) is 84.0 Å². The highest BCUT2D eigenvalue weighted by molar-refractivity contribution is 7.19. The van der Waals surface area contributed by atoms with Crippen LogP contribution < -0.4 is 41.9 Å². The minimum Gasteiger partial charge on any atom is -0.465 e. The maximum atomic E-state index is 13.7. The number of nitrogens with zero attached hydrogens (tertiary/aromatic N) is 4. The Bertz CT molecular complexity index is 3390. The highest BCUT2D eigenvalue weighted by atomic mass is 32.1. The second-order valence-corrected chi connectivity index (χ2v) is 19.2. The van der Waals surface area contributed by atoms with Crippen LogP contribution >= 0.6 is 22.7 Å². The Morgan fingerprint density at radius 3 is 1.15 bits per heavy atom. The zero-order valence-electron chi connectivity index (χ0n) is 33.2. The quantitative estimate of drug-likeness (QED) is 0.168. The molecule has 0 saturated heterocycles. The molecule has 0 amide bonds. The Labute approximate surface area is 359 Å². The third kappa shape index (κ3) is 5.13. The molecule has 12 heteroatoms. The monoisotopic (exact) mass is 850 g/mol. The van der Waals surface area contributed by atoms with Crippen molar-refractivity contribution in [3.8, 4) is 32.6 Å². The van der Waals surface area contributed by atoms with Crippen molar-refractivity contribution >= 4 is 76.0 Å². The Morgan fingerprint density at radius 1 is 0.468 bits per heavy atom. The summed E-state index contributed by atoms with van der Waals surface area (Å²) in [6.45, 7) is 0. The normalized spacial score (nSPS) is 17.2. The molecule has 4 aliphatic rings. The summed E-state index contributed by atoms with van der Waals surface area (Å²) in [6.07, 6.45) is 9.36. The Morgan fingerprint density at radius 2 is 0.806 bits per heavy atom. The summed E-state index contributed by atoms with van der Waals surface area (Å²) in [5, 5.41) is 5.31. The molecule has 2 aliphatic carbocycles. The number of thiazole rings is 2. The van der Waals surface area contributed by atoms with E-state index in [0.717, 1.165) is 118 Å². The van der Waals surface area contributed by atoms with Crippen LogP contribution in [0.15, 0.2) is 114 Å². The van der Waals surface area contributed by atoms with Crippen LogP contribution in [0.5, 0.6) is 11.8 Å². The Kier molecular flexibility index (Phi) is 7.59. The largest absolute Gasteiger partial charge is 0.465 e. The van der Waals surface area contributed by atoms with E-state index in [1.54, 1.807) is 24.3 Å². The molecular formula is C50H34N4O6S2. The van der Waals surface area contributed by atoms with E-state index in [-0.39, 0.29) is 10.7 Å². The van der Waals surface area contributed by atoms with Crippen LogP contribution in [-0.4, -0.2) is 9.97 Å². The van der Waals surface area contributed by atoms with E-state index in [2.05, 4.69) is 22.1 Å². The first kappa shape index (κ1) is 36.2. The van der Waals surface area contributed by atoms with Gasteiger partial charge in [0.1, 0.15) is 21.0 Å². The summed E-state index contributed by atoms with van der Waals surface area (Å²) in [7, 11) is 0. The summed E-state index contributed by atoms with van der Waals surface area (Å²) >= 11 is 2.65. The van der Waals surface area contributed by atoms with Crippen molar-refractivity contribution in [1.82, 2.24) is 9.97 Å². The number of aromatic nitrogens is 2. The first-order valence-electron chi connectivity index (χ1n) is 21.3. The van der Waals surface area contributed by atoms with Gasteiger partial charge in [-0.3, -0.25) is 19.2 Å². The molecule has 2 fully saturated rings. The number of rotatable bonds is 2. The predicted molar refractivity (Wildman–Crippen MR) is 243 cm³/mol. The first-order valence-corrected chi connectivity index (χ1v) is 22.9. The molecule has 62 heavy (non-hydrogen) atoms. The van der Waals surface area contributed by atoms with E-state index < -0.39 is 32.9 Å². The Balaban J connectivity index is 0.989. The molecule has 0 unspecified atom stereocenters. The van der Waals surface area contributed by atoms with Gasteiger partial charge in [-0.15, -0.1) is 0 Å². The zero-order chi connectivity index (χ0) is 41.5. The maximum absolute atomic E-state index is 13.7. The third-order valence-electron chi connectivity index (χ3n) is 13.7. The average molecular weight is 851 g/mol. The van der Waals surface area contributed by atoms with Crippen LogP contribution in [0, 0.1) is 0 Å². The summed E-state index contributed by atoms with van der Waals surface area (Å²) in [5.41, 5.74) is 1.24. The zero-order valence-corrected chi connectivity index (χ0v) is 34.8. The fraction of sp³-hybridized carbons (Fsp3) is 0.240. The van der Waals surface area contributed by atoms with Gasteiger partial charge >= 0.3 is 0 Å². The van der Waals surface area contributed by atoms with Gasteiger partial charge in [0.05, 0.1) is 0 Å². The first-order chi connectivity index (χ1) is 30.3. The second kappa shape index (κ2) is 13.0. The number of hydrogen-bond acceptors (Lipinski definition) is 12. The van der Waals surface area contributed by atoms with E-state index in [1.165, 1.54) is 22.7 Å². The molecule has 4 heterocycles. The molecule has 302 valence electrons. The van der Waals surface area contributed by atoms with E-state index in [4.69, 9.17) is 19.4 Å². The van der Waals surface area contributed by atoms with Crippen molar-refractivity contribution in [2.75, 3.05) is 0 Å². The van der Waals surface area contributed by atoms with Crippen LogP contribution in [0.2, 0.25) is 0 Å². The fourth-order valence-electron chi connectivity index (χ4n) is 10.7. The van der Waals surface area contributed by atoms with Crippen molar-refractivity contribution in [3.63, 3.8) is 0 Å². The Hall–Kier alpha value is -6.50. The van der Waals surface area contributed by atoms with Crippen LogP contribution in [0.4, 0.5) is 10.3 Å². The van der Waals surface area contributed by atoms with Crippen molar-refractivity contribution in [3.05, 3.63) is 148 Å². The molecule has 0 N–H and O–H groups in total. The topological polar surface area (TPSA) is 137 Å². The lowest BCUT2D eigenvalue weighted by Gasteiger charge is -2.45. The van der Waals surface area contributed by atoms with Crippen molar-refractivity contribution in [2.24, 2.45) is 9.98 Å². The van der Waals surface area contributed by atoms with Crippen LogP contribution in [0.3, 0.4) is 0 Å². The molecule has 2 aliphatic heterocycles. The van der Waals surface area contributed by atoms with Gasteiger partial charge in [-0.05, 0) is 109 Å². The summed E-state index contributed by atoms with van der Waals surface area (Å²) < 4.78 is 14.0. The minimum absolute atomic E-state index is 0.135. The molecule has 13 rings (SSSR count). The second-order valence-electron chi connectivity index (χ2n) is 17.2. The maximum Gasteiger partial charge on any atom is 0.235 e. The molecule has 9 aromatic rings. The van der Waals surface area contributed by atoms with Gasteiger partial charge in [-0.2, -0.15) is 9.97 Å². The number of benzene rings is 5. The molecule has 7 aromatic carbocycles. The van der Waals surface area contributed by atoms with Crippen molar-refractivity contribution in [2.45, 2.75) is 75.4 Å². The molecule has 2 saturated carbocycles. The molecule has 0 bridgehead atoms. The average Bonchev–Trinajstić information content (AvgIpc) is 4.02. The van der Waals surface area contributed by atoms with E-state index in [0.29, 0.717) is 43.6 Å². The summed E-state index contributed by atoms with van der Waals surface area (Å²) in [4.78, 5) is 75.7. The van der Waals surface area contributed by atoms with Gasteiger partial charge in [-0.25, -0.2) is 9.98 Å². The van der Waals surface area contributed by atoms with Gasteiger partial charge in [0.2, 0.25) is 43.7 Å². The van der Waals surface area contributed by atoms with Crippen LogP contribution in [0.25, 0.3) is 64.0 Å². The molecule has 0 atom stereocenters. The number of ether oxygens (including phenoxy) is 2. The summed E-state index contributed by atoms with van der Waals surface area (Å²) in [6, 6.07) is 27.0. The molecule has 2 spiro atoms. The third-order valence-corrected chi connectivity index (χ3v) is 15.7. The standard InChI is InChI=1S/C50H34N4O6S2/c55-39-29-19-25-11-3-4-12-26(25)20-30(29)40(56)37(39)51-47-53-45-43(61-47)33-24-36-34(23-35(33)49(59-45)15-7-1-8-16-49)44-46(60-50(36)17-9-2-10-18-50)54-48(62-44)52-38-41(57)31-21-27-13-5-6-14-28(27)22-32(31)42(38)58/h3-6,11-14,19-24H,1-2,7-10,15-18H2. The number of hydrogen-bond donors (Lipinski definition) is 0. The van der Waals surface area contributed by atoms with E-state index in [9.17, 15) is 19.2 Å². The van der Waals surface area contributed by atoms with Gasteiger partial charge < -0.3 is 9.47 Å². The molecular weight excluding hydrogens is 817 g/mol. The highest BCUT2D eigenvalue weighted by Crippen LogP contribution is 2.60. The highest BCUT2D eigenvalue weighted by Gasteiger charge is 2.49. The van der Waals surface area contributed by atoms with Gasteiger partial charge in [0.15, 0.2) is 10.7 Å². The SMILES string of the molecule is O=c1c(=Nc2nc3c(s2)-c2cc4c(cc2C2(CCCCC2)O3)-c2sc(N=c3c(=O)c5cc6ccccc6cc5c3=O)nc2OC42CCCCC2)c(=O)c2cc3ccccc3cc12. The minimum atomic E-state index is -0.645. The van der Waals surface area contributed by atoms with Gasteiger partial charge in [0.25, 0.3) is 0 Å². The number of fused-ring (bicyclic) bond motifs is 12. The molecule has 0 radical (unpaired) electrons. The molecule has 2 aromatic heterocycles. The van der Waals surface area contributed by atoms with Crippen LogP contribution in [-0.2, 0) is 11.2 Å². The van der Waals surface area contributed by atoms with Crippen LogP contribution in [0.1, 0.15) is 75.3 Å². The lowest BCUT2D eigenvalue weighted by Crippen LogP contribution is -2.40. The predicted octanol–water partition coefficient (Wildman–Crippen LogP) is 9.31. The lowest BCUT2D eigenvalue weighted by molar-refractivity contribution is 0.0163. The molecule has 10 nitrogen and oxygen atoms in total. The lowest BCUT2D eigenvalue weighted by atomic mass is 9.71.